The lowest BCUT2D eigenvalue weighted by atomic mass is 10.0. The second-order valence-electron chi connectivity index (χ2n) is 5.00. The van der Waals surface area contributed by atoms with Gasteiger partial charge < -0.3 is 10.2 Å². The SMILES string of the molecule is CCCN1CCC(Nc2c(Cl)cc(F)cc2Cl)CC1. The molecule has 0 atom stereocenters. The maximum Gasteiger partial charge on any atom is 0.126 e. The lowest BCUT2D eigenvalue weighted by Crippen LogP contribution is -2.39. The number of hydrogen-bond acceptors (Lipinski definition) is 2. The summed E-state index contributed by atoms with van der Waals surface area (Å²) in [5.74, 6) is -0.404. The van der Waals surface area contributed by atoms with Crippen molar-refractivity contribution in [2.24, 2.45) is 0 Å². The number of anilines is 1. The molecule has 19 heavy (non-hydrogen) atoms. The van der Waals surface area contributed by atoms with Gasteiger partial charge in [-0.1, -0.05) is 30.1 Å². The van der Waals surface area contributed by atoms with Crippen molar-refractivity contribution < 1.29 is 4.39 Å². The van der Waals surface area contributed by atoms with Crippen molar-refractivity contribution in [1.29, 1.82) is 0 Å². The molecule has 0 bridgehead atoms. The highest BCUT2D eigenvalue weighted by Gasteiger charge is 2.20. The Kier molecular flexibility index (Phi) is 5.31. The van der Waals surface area contributed by atoms with Crippen molar-refractivity contribution >= 4 is 28.9 Å². The molecule has 0 amide bonds. The molecule has 1 aromatic rings. The minimum atomic E-state index is -0.404. The first-order valence-corrected chi connectivity index (χ1v) is 7.49. The second kappa shape index (κ2) is 6.78. The largest absolute Gasteiger partial charge is 0.380 e. The number of rotatable bonds is 4. The van der Waals surface area contributed by atoms with E-state index in [9.17, 15) is 4.39 Å². The Bertz CT molecular complexity index is 408. The zero-order chi connectivity index (χ0) is 13.8. The molecule has 0 unspecified atom stereocenters. The predicted octanol–water partition coefficient (Wildman–Crippen LogP) is 4.42. The van der Waals surface area contributed by atoms with E-state index in [0.717, 1.165) is 32.5 Å². The van der Waals surface area contributed by atoms with E-state index in [4.69, 9.17) is 23.2 Å². The van der Waals surface area contributed by atoms with Gasteiger partial charge in [-0.3, -0.25) is 0 Å². The van der Waals surface area contributed by atoms with E-state index in [-0.39, 0.29) is 0 Å². The van der Waals surface area contributed by atoms with Crippen LogP contribution in [0.4, 0.5) is 10.1 Å². The fourth-order valence-corrected chi connectivity index (χ4v) is 3.07. The molecule has 1 fully saturated rings. The summed E-state index contributed by atoms with van der Waals surface area (Å²) in [6, 6.07) is 2.94. The number of nitrogens with one attached hydrogen (secondary N) is 1. The van der Waals surface area contributed by atoms with Crippen molar-refractivity contribution in [3.8, 4) is 0 Å². The number of halogens is 3. The van der Waals surface area contributed by atoms with Gasteiger partial charge in [-0.15, -0.1) is 0 Å². The van der Waals surface area contributed by atoms with Gasteiger partial charge in [0, 0.05) is 19.1 Å². The van der Waals surface area contributed by atoms with Crippen LogP contribution in [-0.4, -0.2) is 30.6 Å². The molecule has 5 heteroatoms. The van der Waals surface area contributed by atoms with Crippen LogP contribution in [0.3, 0.4) is 0 Å². The maximum atomic E-state index is 13.1. The molecule has 1 heterocycles. The third-order valence-electron chi connectivity index (χ3n) is 3.48. The smallest absolute Gasteiger partial charge is 0.126 e. The Morgan fingerprint density at radius 1 is 1.26 bits per heavy atom. The highest BCUT2D eigenvalue weighted by atomic mass is 35.5. The number of nitrogens with zero attached hydrogens (tertiary/aromatic N) is 1. The Morgan fingerprint density at radius 2 is 1.84 bits per heavy atom. The van der Waals surface area contributed by atoms with Crippen LogP contribution in [0.1, 0.15) is 26.2 Å². The third-order valence-corrected chi connectivity index (χ3v) is 4.08. The zero-order valence-electron chi connectivity index (χ0n) is 11.1. The third kappa shape index (κ3) is 3.98. The van der Waals surface area contributed by atoms with Crippen LogP contribution in [0.15, 0.2) is 12.1 Å². The van der Waals surface area contributed by atoms with Crippen molar-refractivity contribution in [2.45, 2.75) is 32.2 Å². The van der Waals surface area contributed by atoms with Crippen LogP contribution < -0.4 is 5.32 Å². The fourth-order valence-electron chi connectivity index (χ4n) is 2.50. The van der Waals surface area contributed by atoms with Crippen molar-refractivity contribution in [1.82, 2.24) is 4.90 Å². The molecule has 0 radical (unpaired) electrons. The van der Waals surface area contributed by atoms with E-state index in [2.05, 4.69) is 17.1 Å². The van der Waals surface area contributed by atoms with Gasteiger partial charge in [-0.05, 0) is 37.9 Å². The van der Waals surface area contributed by atoms with Crippen LogP contribution in [0.2, 0.25) is 10.0 Å². The monoisotopic (exact) mass is 304 g/mol. The average molecular weight is 305 g/mol. The summed E-state index contributed by atoms with van der Waals surface area (Å²) in [6.07, 6.45) is 3.31. The van der Waals surface area contributed by atoms with Gasteiger partial charge in [0.25, 0.3) is 0 Å². The van der Waals surface area contributed by atoms with Crippen LogP contribution in [0, 0.1) is 5.82 Å². The molecule has 1 saturated heterocycles. The van der Waals surface area contributed by atoms with Gasteiger partial charge in [0.1, 0.15) is 5.82 Å². The van der Waals surface area contributed by atoms with E-state index < -0.39 is 5.82 Å². The van der Waals surface area contributed by atoms with Gasteiger partial charge in [-0.2, -0.15) is 0 Å². The Balaban J connectivity index is 1.96. The van der Waals surface area contributed by atoms with Crippen LogP contribution >= 0.6 is 23.2 Å². The summed E-state index contributed by atoms with van der Waals surface area (Å²) in [7, 11) is 0. The molecule has 2 nitrogen and oxygen atoms in total. The number of likely N-dealkylation sites (tertiary alicyclic amines) is 1. The Morgan fingerprint density at radius 3 is 2.37 bits per heavy atom. The lowest BCUT2D eigenvalue weighted by molar-refractivity contribution is 0.219. The Labute approximate surface area is 123 Å². The van der Waals surface area contributed by atoms with Gasteiger partial charge in [0.05, 0.1) is 15.7 Å². The van der Waals surface area contributed by atoms with E-state index in [1.54, 1.807) is 0 Å². The highest BCUT2D eigenvalue weighted by Crippen LogP contribution is 2.33. The standard InChI is InChI=1S/C14H19Cl2FN2/c1-2-5-19-6-3-11(4-7-19)18-14-12(15)8-10(17)9-13(14)16/h8-9,11,18H,2-7H2,1H3. The van der Waals surface area contributed by atoms with Gasteiger partial charge in [0.2, 0.25) is 0 Å². The molecular formula is C14H19Cl2FN2. The molecule has 1 aliphatic rings. The highest BCUT2D eigenvalue weighted by molar-refractivity contribution is 6.39. The lowest BCUT2D eigenvalue weighted by Gasteiger charge is -2.33. The van der Waals surface area contributed by atoms with Gasteiger partial charge >= 0.3 is 0 Å². The van der Waals surface area contributed by atoms with Crippen LogP contribution in [0.25, 0.3) is 0 Å². The molecule has 1 N–H and O–H groups in total. The van der Waals surface area contributed by atoms with E-state index >= 15 is 0 Å². The minimum Gasteiger partial charge on any atom is -0.380 e. The first-order valence-electron chi connectivity index (χ1n) is 6.73. The normalized spacial score (nSPS) is 17.7. The zero-order valence-corrected chi connectivity index (χ0v) is 12.6. The molecule has 0 saturated carbocycles. The second-order valence-corrected chi connectivity index (χ2v) is 5.82. The average Bonchev–Trinajstić information content (AvgIpc) is 2.36. The van der Waals surface area contributed by atoms with E-state index in [1.165, 1.54) is 18.6 Å². The van der Waals surface area contributed by atoms with Crippen molar-refractivity contribution in [2.75, 3.05) is 25.0 Å². The first-order chi connectivity index (χ1) is 9.10. The number of hydrogen-bond donors (Lipinski definition) is 1. The van der Waals surface area contributed by atoms with Crippen molar-refractivity contribution in [3.63, 3.8) is 0 Å². The molecule has 2 rings (SSSR count). The predicted molar refractivity (Wildman–Crippen MR) is 79.8 cm³/mol. The maximum absolute atomic E-state index is 13.1. The van der Waals surface area contributed by atoms with Crippen molar-refractivity contribution in [3.05, 3.63) is 28.0 Å². The topological polar surface area (TPSA) is 15.3 Å². The molecule has 1 aromatic carbocycles. The molecule has 0 aromatic heterocycles. The summed E-state index contributed by atoms with van der Waals surface area (Å²) >= 11 is 12.1. The minimum absolute atomic E-state index is 0.348. The van der Waals surface area contributed by atoms with Gasteiger partial charge in [0.15, 0.2) is 0 Å². The molecule has 1 aliphatic heterocycles. The summed E-state index contributed by atoms with van der Waals surface area (Å²) in [5.41, 5.74) is 0.652. The number of piperidine rings is 1. The summed E-state index contributed by atoms with van der Waals surface area (Å²) in [4.78, 5) is 2.46. The van der Waals surface area contributed by atoms with Gasteiger partial charge in [-0.25, -0.2) is 4.39 Å². The summed E-state index contributed by atoms with van der Waals surface area (Å²) in [5, 5.41) is 4.05. The van der Waals surface area contributed by atoms with E-state index in [1.807, 2.05) is 0 Å². The molecule has 106 valence electrons. The Hall–Kier alpha value is -0.510. The molecular weight excluding hydrogens is 286 g/mol. The van der Waals surface area contributed by atoms with Crippen LogP contribution in [0.5, 0.6) is 0 Å². The number of benzene rings is 1. The summed E-state index contributed by atoms with van der Waals surface area (Å²) < 4.78 is 13.1. The van der Waals surface area contributed by atoms with Crippen LogP contribution in [-0.2, 0) is 0 Å². The fraction of sp³-hybridized carbons (Fsp3) is 0.571. The van der Waals surface area contributed by atoms with E-state index in [0.29, 0.717) is 21.8 Å². The summed E-state index contributed by atoms with van der Waals surface area (Å²) in [6.45, 7) is 5.52. The first kappa shape index (κ1) is 14.9. The molecule has 0 spiro atoms. The quantitative estimate of drug-likeness (QED) is 0.886. The molecule has 0 aliphatic carbocycles.